The third kappa shape index (κ3) is 2.60. The van der Waals surface area contributed by atoms with Crippen LogP contribution in [0.5, 0.6) is 0 Å². The number of hydrogen-bond donors (Lipinski definition) is 1. The van der Waals surface area contributed by atoms with Gasteiger partial charge in [-0.1, -0.05) is 15.9 Å². The monoisotopic (exact) mass is 325 g/mol. The van der Waals surface area contributed by atoms with Gasteiger partial charge >= 0.3 is 0 Å². The van der Waals surface area contributed by atoms with Crippen LogP contribution in [-0.4, -0.2) is 35.5 Å². The zero-order chi connectivity index (χ0) is 13.4. The van der Waals surface area contributed by atoms with Crippen molar-refractivity contribution in [1.82, 2.24) is 4.90 Å². The van der Waals surface area contributed by atoms with Gasteiger partial charge in [-0.2, -0.15) is 0 Å². The highest BCUT2D eigenvalue weighted by Crippen LogP contribution is 2.33. The molecule has 0 aromatic heterocycles. The number of piperidine rings is 3. The molecule has 1 atom stereocenters. The van der Waals surface area contributed by atoms with E-state index in [1.165, 1.54) is 25.9 Å². The number of rotatable bonds is 3. The molecule has 0 spiro atoms. The molecule has 1 aromatic rings. The summed E-state index contributed by atoms with van der Waals surface area (Å²) in [5.74, 6) is 0.647. The third-order valence-corrected chi connectivity index (χ3v) is 4.65. The van der Waals surface area contributed by atoms with Crippen LogP contribution in [0.15, 0.2) is 22.7 Å². The van der Waals surface area contributed by atoms with Gasteiger partial charge in [-0.05, 0) is 44.0 Å². The Labute approximate surface area is 120 Å². The van der Waals surface area contributed by atoms with Gasteiger partial charge in [-0.15, -0.1) is 0 Å². The quantitative estimate of drug-likeness (QED) is 0.685. The van der Waals surface area contributed by atoms with Gasteiger partial charge in [0.05, 0.1) is 4.92 Å². The van der Waals surface area contributed by atoms with E-state index in [1.54, 1.807) is 12.1 Å². The van der Waals surface area contributed by atoms with E-state index in [9.17, 15) is 10.1 Å². The minimum atomic E-state index is -0.325. The standard InChI is InChI=1S/C13H16BrN3O2/c14-10-1-2-11(13(7-10)17(18)19)15-12-8-16-5-3-9(12)4-6-16/h1-2,7,9,12,15H,3-6,8H2/t12-/m1/s1. The van der Waals surface area contributed by atoms with Gasteiger partial charge < -0.3 is 10.2 Å². The topological polar surface area (TPSA) is 58.4 Å². The lowest BCUT2D eigenvalue weighted by molar-refractivity contribution is -0.384. The van der Waals surface area contributed by atoms with E-state index in [4.69, 9.17) is 0 Å². The highest BCUT2D eigenvalue weighted by molar-refractivity contribution is 9.10. The summed E-state index contributed by atoms with van der Waals surface area (Å²) in [5.41, 5.74) is 0.776. The molecule has 0 amide bonds. The molecule has 0 radical (unpaired) electrons. The van der Waals surface area contributed by atoms with Gasteiger partial charge in [-0.3, -0.25) is 10.1 Å². The van der Waals surface area contributed by atoms with Crippen LogP contribution in [0.25, 0.3) is 0 Å². The van der Waals surface area contributed by atoms with Crippen molar-refractivity contribution in [3.8, 4) is 0 Å². The molecule has 1 N–H and O–H groups in total. The van der Waals surface area contributed by atoms with Gasteiger partial charge in [-0.25, -0.2) is 0 Å². The minimum Gasteiger partial charge on any atom is -0.375 e. The molecule has 0 aliphatic carbocycles. The Morgan fingerprint density at radius 2 is 2.11 bits per heavy atom. The molecule has 5 nitrogen and oxygen atoms in total. The molecule has 19 heavy (non-hydrogen) atoms. The second-order valence-electron chi connectivity index (χ2n) is 5.31. The van der Waals surface area contributed by atoms with Gasteiger partial charge in [0.2, 0.25) is 0 Å². The van der Waals surface area contributed by atoms with E-state index >= 15 is 0 Å². The molecule has 3 heterocycles. The summed E-state index contributed by atoms with van der Waals surface area (Å²) in [5, 5.41) is 14.5. The Hall–Kier alpha value is -1.14. The number of fused-ring (bicyclic) bond motifs is 3. The number of anilines is 1. The number of benzene rings is 1. The van der Waals surface area contributed by atoms with Crippen molar-refractivity contribution in [2.24, 2.45) is 5.92 Å². The summed E-state index contributed by atoms with van der Waals surface area (Å²) in [6.07, 6.45) is 2.39. The van der Waals surface area contributed by atoms with Crippen molar-refractivity contribution >= 4 is 27.3 Å². The Bertz CT molecular complexity index is 501. The lowest BCUT2D eigenvalue weighted by Gasteiger charge is -2.45. The molecule has 3 aliphatic heterocycles. The van der Waals surface area contributed by atoms with Crippen LogP contribution in [-0.2, 0) is 0 Å². The zero-order valence-electron chi connectivity index (χ0n) is 10.5. The molecule has 6 heteroatoms. The molecule has 4 rings (SSSR count). The number of nitro benzene ring substituents is 1. The Morgan fingerprint density at radius 1 is 1.37 bits per heavy atom. The number of nitrogens with one attached hydrogen (secondary N) is 1. The van der Waals surface area contributed by atoms with E-state index in [-0.39, 0.29) is 10.6 Å². The number of nitro groups is 1. The summed E-state index contributed by atoms with van der Waals surface area (Å²) in [4.78, 5) is 13.2. The summed E-state index contributed by atoms with van der Waals surface area (Å²) < 4.78 is 0.735. The molecule has 0 unspecified atom stereocenters. The van der Waals surface area contributed by atoms with Gasteiger partial charge in [0, 0.05) is 23.1 Å². The highest BCUT2D eigenvalue weighted by atomic mass is 79.9. The normalized spacial score (nSPS) is 29.2. The first-order chi connectivity index (χ1) is 9.13. The van der Waals surface area contributed by atoms with E-state index < -0.39 is 0 Å². The molecule has 1 aromatic carbocycles. The number of nitrogens with zero attached hydrogens (tertiary/aromatic N) is 2. The molecule has 3 fully saturated rings. The summed E-state index contributed by atoms with van der Waals surface area (Å²) in [6.45, 7) is 3.34. The average Bonchev–Trinajstić information content (AvgIpc) is 2.42. The molecular weight excluding hydrogens is 310 g/mol. The van der Waals surface area contributed by atoms with Crippen LogP contribution < -0.4 is 5.32 Å². The van der Waals surface area contributed by atoms with E-state index in [2.05, 4.69) is 26.1 Å². The van der Waals surface area contributed by atoms with Crippen molar-refractivity contribution in [3.05, 3.63) is 32.8 Å². The van der Waals surface area contributed by atoms with Crippen LogP contribution in [0.4, 0.5) is 11.4 Å². The first-order valence-electron chi connectivity index (χ1n) is 6.56. The Kier molecular flexibility index (Phi) is 3.45. The maximum absolute atomic E-state index is 11.1. The van der Waals surface area contributed by atoms with E-state index in [0.717, 1.165) is 11.0 Å². The predicted octanol–water partition coefficient (Wildman–Crippen LogP) is 2.86. The van der Waals surface area contributed by atoms with Crippen molar-refractivity contribution in [3.63, 3.8) is 0 Å². The molecule has 3 aliphatic rings. The molecule has 0 saturated carbocycles. The fraction of sp³-hybridized carbons (Fsp3) is 0.538. The molecule has 2 bridgehead atoms. The SMILES string of the molecule is O=[N+]([O-])c1cc(Br)ccc1N[C@@H]1CN2CCC1CC2. The van der Waals surface area contributed by atoms with Gasteiger partial charge in [0.1, 0.15) is 5.69 Å². The van der Waals surface area contributed by atoms with Gasteiger partial charge in [0.15, 0.2) is 0 Å². The minimum absolute atomic E-state index is 0.144. The molecule has 102 valence electrons. The molecular formula is C13H16BrN3O2. The summed E-state index contributed by atoms with van der Waals surface area (Å²) >= 11 is 3.28. The van der Waals surface area contributed by atoms with Gasteiger partial charge in [0.25, 0.3) is 5.69 Å². The van der Waals surface area contributed by atoms with Crippen molar-refractivity contribution in [2.45, 2.75) is 18.9 Å². The molecule has 3 saturated heterocycles. The van der Waals surface area contributed by atoms with Crippen LogP contribution in [0.1, 0.15) is 12.8 Å². The van der Waals surface area contributed by atoms with Crippen LogP contribution in [0, 0.1) is 16.0 Å². The van der Waals surface area contributed by atoms with Crippen molar-refractivity contribution < 1.29 is 4.92 Å². The Morgan fingerprint density at radius 3 is 2.68 bits per heavy atom. The lowest BCUT2D eigenvalue weighted by Crippen LogP contribution is -2.53. The smallest absolute Gasteiger partial charge is 0.293 e. The maximum atomic E-state index is 11.1. The fourth-order valence-electron chi connectivity index (χ4n) is 3.11. The van der Waals surface area contributed by atoms with Crippen LogP contribution in [0.3, 0.4) is 0 Å². The lowest BCUT2D eigenvalue weighted by atomic mass is 9.84. The zero-order valence-corrected chi connectivity index (χ0v) is 12.1. The largest absolute Gasteiger partial charge is 0.375 e. The number of halogens is 1. The van der Waals surface area contributed by atoms with E-state index in [1.807, 2.05) is 6.07 Å². The summed E-state index contributed by atoms with van der Waals surface area (Å²) in [6, 6.07) is 5.53. The highest BCUT2D eigenvalue weighted by Gasteiger charge is 2.34. The summed E-state index contributed by atoms with van der Waals surface area (Å²) in [7, 11) is 0. The first kappa shape index (κ1) is 12.9. The average molecular weight is 326 g/mol. The van der Waals surface area contributed by atoms with Crippen molar-refractivity contribution in [2.75, 3.05) is 25.0 Å². The Balaban J connectivity index is 1.81. The van der Waals surface area contributed by atoms with Crippen LogP contribution >= 0.6 is 15.9 Å². The second kappa shape index (κ2) is 5.09. The first-order valence-corrected chi connectivity index (χ1v) is 7.35. The number of hydrogen-bond acceptors (Lipinski definition) is 4. The second-order valence-corrected chi connectivity index (χ2v) is 6.22. The third-order valence-electron chi connectivity index (χ3n) is 4.15. The van der Waals surface area contributed by atoms with Crippen molar-refractivity contribution in [1.29, 1.82) is 0 Å². The van der Waals surface area contributed by atoms with Crippen LogP contribution in [0.2, 0.25) is 0 Å². The van der Waals surface area contributed by atoms with E-state index in [0.29, 0.717) is 17.6 Å². The predicted molar refractivity (Wildman–Crippen MR) is 77.4 cm³/mol. The fourth-order valence-corrected chi connectivity index (χ4v) is 3.46. The maximum Gasteiger partial charge on any atom is 0.293 e.